The Hall–Kier alpha value is -3.59. The molecule has 2 aromatic carbocycles. The van der Waals surface area contributed by atoms with Gasteiger partial charge in [-0.3, -0.25) is 9.69 Å². The number of aliphatic imine (C=N–C) groups is 1. The molecule has 9 heteroatoms. The van der Waals surface area contributed by atoms with Gasteiger partial charge in [-0.15, -0.1) is 0 Å². The first-order valence-electron chi connectivity index (χ1n) is 11.3. The maximum atomic E-state index is 13.5. The number of carbonyl (C=O) groups excluding carboxylic acids is 1. The van der Waals surface area contributed by atoms with Crippen molar-refractivity contribution < 1.29 is 18.8 Å². The van der Waals surface area contributed by atoms with Crippen molar-refractivity contribution in [2.45, 2.75) is 45.3 Å². The zero-order valence-electron chi connectivity index (χ0n) is 20.2. The van der Waals surface area contributed by atoms with Crippen LogP contribution in [0.4, 0.5) is 5.69 Å². The Balaban J connectivity index is 1.48. The van der Waals surface area contributed by atoms with E-state index >= 15 is 0 Å². The summed E-state index contributed by atoms with van der Waals surface area (Å²) >= 11 is 1.40. The van der Waals surface area contributed by atoms with Crippen molar-refractivity contribution in [3.63, 3.8) is 0 Å². The number of aryl methyl sites for hydroxylation is 1. The van der Waals surface area contributed by atoms with Crippen molar-refractivity contribution in [1.82, 2.24) is 10.1 Å². The summed E-state index contributed by atoms with van der Waals surface area (Å²) in [4.78, 5) is 24.4. The number of hydrogen-bond acceptors (Lipinski definition) is 8. The average Bonchev–Trinajstić information content (AvgIpc) is 3.54. The van der Waals surface area contributed by atoms with Crippen molar-refractivity contribution >= 4 is 34.6 Å². The standard InChI is InChI=1S/C26H26N4O4S/c1-15-6-9-18(10-7-15)30-23(31)19(12-17-8-11-20-21(13-17)33-14-32-20)27-25(30)35-16(2)22-28-24(29-34-22)26(3,4)5/h6-13,16H,14H2,1-5H3/b19-12-. The maximum Gasteiger partial charge on any atom is 0.283 e. The van der Waals surface area contributed by atoms with Crippen LogP contribution in [0.1, 0.15) is 55.8 Å². The van der Waals surface area contributed by atoms with Gasteiger partial charge in [0.15, 0.2) is 22.5 Å². The molecule has 1 aromatic heterocycles. The highest BCUT2D eigenvalue weighted by atomic mass is 32.2. The van der Waals surface area contributed by atoms with Gasteiger partial charge in [0.05, 0.1) is 10.9 Å². The van der Waals surface area contributed by atoms with Crippen LogP contribution in [0.3, 0.4) is 0 Å². The van der Waals surface area contributed by atoms with E-state index in [9.17, 15) is 4.79 Å². The number of aromatic nitrogens is 2. The van der Waals surface area contributed by atoms with E-state index in [0.29, 0.717) is 34.1 Å². The number of benzene rings is 2. The van der Waals surface area contributed by atoms with Gasteiger partial charge in [0, 0.05) is 5.41 Å². The van der Waals surface area contributed by atoms with E-state index in [-0.39, 0.29) is 23.4 Å². The minimum atomic E-state index is -0.221. The fourth-order valence-electron chi connectivity index (χ4n) is 3.57. The highest BCUT2D eigenvalue weighted by Crippen LogP contribution is 2.38. The fourth-order valence-corrected chi connectivity index (χ4v) is 4.53. The fraction of sp³-hybridized carbons (Fsp3) is 0.308. The summed E-state index contributed by atoms with van der Waals surface area (Å²) in [6, 6.07) is 13.3. The molecule has 1 amide bonds. The Labute approximate surface area is 208 Å². The molecule has 3 aromatic rings. The highest BCUT2D eigenvalue weighted by Gasteiger charge is 2.34. The lowest BCUT2D eigenvalue weighted by molar-refractivity contribution is -0.113. The van der Waals surface area contributed by atoms with E-state index in [1.54, 1.807) is 11.0 Å². The Morgan fingerprint density at radius 2 is 1.83 bits per heavy atom. The van der Waals surface area contributed by atoms with Gasteiger partial charge in [-0.1, -0.05) is 61.5 Å². The summed E-state index contributed by atoms with van der Waals surface area (Å²) in [7, 11) is 0. The third-order valence-corrected chi connectivity index (χ3v) is 6.60. The van der Waals surface area contributed by atoms with E-state index in [2.05, 4.69) is 10.1 Å². The highest BCUT2D eigenvalue weighted by molar-refractivity contribution is 8.14. The van der Waals surface area contributed by atoms with Gasteiger partial charge in [0.25, 0.3) is 5.91 Å². The molecular formula is C26H26N4O4S. The number of amidine groups is 1. The summed E-state index contributed by atoms with van der Waals surface area (Å²) in [5, 5.41) is 4.48. The van der Waals surface area contributed by atoms with Crippen LogP contribution in [-0.4, -0.2) is 28.0 Å². The third kappa shape index (κ3) is 4.68. The number of hydrogen-bond donors (Lipinski definition) is 0. The molecule has 0 spiro atoms. The molecule has 2 aliphatic rings. The first-order valence-corrected chi connectivity index (χ1v) is 12.2. The van der Waals surface area contributed by atoms with E-state index in [1.807, 2.05) is 77.1 Å². The first-order chi connectivity index (χ1) is 16.7. The lowest BCUT2D eigenvalue weighted by Gasteiger charge is -2.19. The number of nitrogens with zero attached hydrogens (tertiary/aromatic N) is 4. The van der Waals surface area contributed by atoms with Crippen LogP contribution in [0.5, 0.6) is 11.5 Å². The molecule has 0 saturated heterocycles. The summed E-state index contributed by atoms with van der Waals surface area (Å²) in [6.45, 7) is 10.3. The van der Waals surface area contributed by atoms with Crippen LogP contribution in [0.15, 0.2) is 57.7 Å². The molecule has 180 valence electrons. The van der Waals surface area contributed by atoms with E-state index in [1.165, 1.54) is 11.8 Å². The average molecular weight is 491 g/mol. The molecule has 3 heterocycles. The summed E-state index contributed by atoms with van der Waals surface area (Å²) in [5.74, 6) is 2.27. The second kappa shape index (κ2) is 8.88. The molecule has 0 fully saturated rings. The molecule has 1 atom stereocenters. The lowest BCUT2D eigenvalue weighted by Crippen LogP contribution is -2.30. The van der Waals surface area contributed by atoms with Crippen LogP contribution >= 0.6 is 11.8 Å². The molecule has 0 saturated carbocycles. The Bertz CT molecular complexity index is 1340. The van der Waals surface area contributed by atoms with Crippen LogP contribution in [-0.2, 0) is 10.2 Å². The molecule has 2 aliphatic heterocycles. The van der Waals surface area contributed by atoms with E-state index in [0.717, 1.165) is 16.8 Å². The van der Waals surface area contributed by atoms with E-state index < -0.39 is 0 Å². The largest absolute Gasteiger partial charge is 0.454 e. The third-order valence-electron chi connectivity index (χ3n) is 5.56. The predicted molar refractivity (Wildman–Crippen MR) is 136 cm³/mol. The topological polar surface area (TPSA) is 90.1 Å². The summed E-state index contributed by atoms with van der Waals surface area (Å²) in [5.41, 5.74) is 2.77. The number of amides is 1. The molecular weight excluding hydrogens is 464 g/mol. The van der Waals surface area contributed by atoms with Gasteiger partial charge in [0.2, 0.25) is 12.7 Å². The van der Waals surface area contributed by atoms with Crippen LogP contribution in [0.2, 0.25) is 0 Å². The Morgan fingerprint density at radius 3 is 2.54 bits per heavy atom. The molecule has 35 heavy (non-hydrogen) atoms. The maximum absolute atomic E-state index is 13.5. The monoisotopic (exact) mass is 490 g/mol. The quantitative estimate of drug-likeness (QED) is 0.437. The van der Waals surface area contributed by atoms with Crippen molar-refractivity contribution in [3.8, 4) is 11.5 Å². The predicted octanol–water partition coefficient (Wildman–Crippen LogP) is 5.64. The zero-order valence-corrected chi connectivity index (χ0v) is 21.0. The Morgan fingerprint density at radius 1 is 1.09 bits per heavy atom. The molecule has 0 bridgehead atoms. The second-order valence-corrected chi connectivity index (χ2v) is 10.8. The second-order valence-electron chi connectivity index (χ2n) is 9.48. The minimum Gasteiger partial charge on any atom is -0.454 e. The van der Waals surface area contributed by atoms with Gasteiger partial charge in [-0.05, 0) is 49.8 Å². The van der Waals surface area contributed by atoms with Crippen LogP contribution < -0.4 is 14.4 Å². The lowest BCUT2D eigenvalue weighted by atomic mass is 9.96. The van der Waals surface area contributed by atoms with Crippen molar-refractivity contribution in [3.05, 3.63) is 71.0 Å². The zero-order chi connectivity index (χ0) is 24.7. The van der Waals surface area contributed by atoms with Gasteiger partial charge in [-0.25, -0.2) is 4.99 Å². The van der Waals surface area contributed by atoms with Gasteiger partial charge < -0.3 is 14.0 Å². The SMILES string of the molecule is Cc1ccc(N2C(=O)/C(=C/c3ccc4c(c3)OCO4)N=C2SC(C)c2nc(C(C)(C)C)no2)cc1. The Kier molecular flexibility index (Phi) is 5.88. The van der Waals surface area contributed by atoms with Crippen LogP contribution in [0.25, 0.3) is 6.08 Å². The van der Waals surface area contributed by atoms with Crippen molar-refractivity contribution in [1.29, 1.82) is 0 Å². The number of ether oxygens (including phenoxy) is 2. The number of thioether (sulfide) groups is 1. The normalized spacial score (nSPS) is 17.3. The smallest absolute Gasteiger partial charge is 0.283 e. The molecule has 0 radical (unpaired) electrons. The summed E-state index contributed by atoms with van der Waals surface area (Å²) in [6.07, 6.45) is 1.76. The molecule has 8 nitrogen and oxygen atoms in total. The minimum absolute atomic E-state index is 0.193. The number of anilines is 1. The first kappa shape index (κ1) is 23.2. The van der Waals surface area contributed by atoms with Crippen molar-refractivity contribution in [2.75, 3.05) is 11.7 Å². The molecule has 0 N–H and O–H groups in total. The van der Waals surface area contributed by atoms with E-state index in [4.69, 9.17) is 19.0 Å². The van der Waals surface area contributed by atoms with Crippen LogP contribution in [0, 0.1) is 6.92 Å². The van der Waals surface area contributed by atoms with Gasteiger partial charge >= 0.3 is 0 Å². The number of rotatable bonds is 4. The summed E-state index contributed by atoms with van der Waals surface area (Å²) < 4.78 is 16.4. The molecule has 1 unspecified atom stereocenters. The van der Waals surface area contributed by atoms with Gasteiger partial charge in [0.1, 0.15) is 5.70 Å². The molecule has 5 rings (SSSR count). The number of carbonyl (C=O) groups is 1. The van der Waals surface area contributed by atoms with Gasteiger partial charge in [-0.2, -0.15) is 4.98 Å². The molecule has 0 aliphatic carbocycles. The van der Waals surface area contributed by atoms with Crippen molar-refractivity contribution in [2.24, 2.45) is 4.99 Å². The number of fused-ring (bicyclic) bond motifs is 1.